The van der Waals surface area contributed by atoms with Gasteiger partial charge in [0.15, 0.2) is 0 Å². The van der Waals surface area contributed by atoms with Gasteiger partial charge in [0.1, 0.15) is 0 Å². The Labute approximate surface area is 93.1 Å². The van der Waals surface area contributed by atoms with Crippen molar-refractivity contribution in [3.8, 4) is 0 Å². The molecule has 0 aromatic carbocycles. The highest BCUT2D eigenvalue weighted by molar-refractivity contribution is 5.07. The van der Waals surface area contributed by atoms with Crippen molar-refractivity contribution in [2.45, 2.75) is 44.6 Å². The maximum Gasteiger partial charge on any atom is 0.0510 e. The topological polar surface area (TPSA) is 21.3 Å². The van der Waals surface area contributed by atoms with E-state index in [2.05, 4.69) is 18.4 Å². The molecule has 2 nitrogen and oxygen atoms in total. The van der Waals surface area contributed by atoms with E-state index in [-0.39, 0.29) is 0 Å². The van der Waals surface area contributed by atoms with E-state index in [1.54, 1.807) is 5.57 Å². The van der Waals surface area contributed by atoms with Gasteiger partial charge in [0.2, 0.25) is 0 Å². The van der Waals surface area contributed by atoms with Gasteiger partial charge in [0.05, 0.1) is 6.61 Å². The number of hydrogen-bond donors (Lipinski definition) is 1. The first-order valence-corrected chi connectivity index (χ1v) is 6.33. The smallest absolute Gasteiger partial charge is 0.0510 e. The van der Waals surface area contributed by atoms with E-state index >= 15 is 0 Å². The number of nitrogens with one attached hydrogen (secondary N) is 1. The molecule has 1 aliphatic carbocycles. The van der Waals surface area contributed by atoms with Crippen molar-refractivity contribution in [2.75, 3.05) is 20.3 Å². The predicted molar refractivity (Wildman–Crippen MR) is 62.9 cm³/mol. The fourth-order valence-corrected chi connectivity index (χ4v) is 2.75. The van der Waals surface area contributed by atoms with Gasteiger partial charge in [-0.2, -0.15) is 0 Å². The van der Waals surface area contributed by atoms with E-state index in [9.17, 15) is 0 Å². The highest BCUT2D eigenvalue weighted by atomic mass is 16.5. The Morgan fingerprint density at radius 3 is 3.07 bits per heavy atom. The lowest BCUT2D eigenvalue weighted by Gasteiger charge is -2.24. The van der Waals surface area contributed by atoms with Crippen molar-refractivity contribution in [1.29, 1.82) is 0 Å². The van der Waals surface area contributed by atoms with Crippen molar-refractivity contribution in [1.82, 2.24) is 5.32 Å². The quantitative estimate of drug-likeness (QED) is 0.718. The molecule has 2 unspecified atom stereocenters. The van der Waals surface area contributed by atoms with Crippen molar-refractivity contribution in [2.24, 2.45) is 5.92 Å². The van der Waals surface area contributed by atoms with Crippen molar-refractivity contribution in [3.63, 3.8) is 0 Å². The lowest BCUT2D eigenvalue weighted by molar-refractivity contribution is 0.177. The van der Waals surface area contributed by atoms with E-state index in [0.29, 0.717) is 6.04 Å². The number of rotatable bonds is 4. The Morgan fingerprint density at radius 2 is 2.47 bits per heavy atom. The molecule has 15 heavy (non-hydrogen) atoms. The third kappa shape index (κ3) is 3.05. The summed E-state index contributed by atoms with van der Waals surface area (Å²) in [7, 11) is 2.09. The van der Waals surface area contributed by atoms with Crippen LogP contribution >= 0.6 is 0 Å². The lowest BCUT2D eigenvalue weighted by atomic mass is 9.88. The minimum absolute atomic E-state index is 0.636. The molecule has 2 rings (SSSR count). The molecule has 1 saturated heterocycles. The van der Waals surface area contributed by atoms with Crippen LogP contribution in [0.15, 0.2) is 11.6 Å². The van der Waals surface area contributed by atoms with Crippen molar-refractivity contribution < 1.29 is 4.74 Å². The highest BCUT2D eigenvalue weighted by Gasteiger charge is 2.25. The first-order valence-electron chi connectivity index (χ1n) is 6.33. The van der Waals surface area contributed by atoms with Crippen LogP contribution in [0.4, 0.5) is 0 Å². The van der Waals surface area contributed by atoms with Gasteiger partial charge in [-0.15, -0.1) is 0 Å². The molecule has 1 fully saturated rings. The summed E-state index contributed by atoms with van der Waals surface area (Å²) in [4.78, 5) is 0. The third-order valence-corrected chi connectivity index (χ3v) is 3.77. The van der Waals surface area contributed by atoms with Crippen LogP contribution in [0, 0.1) is 5.92 Å². The van der Waals surface area contributed by atoms with Crippen LogP contribution in [0.5, 0.6) is 0 Å². The van der Waals surface area contributed by atoms with Crippen molar-refractivity contribution >= 4 is 0 Å². The zero-order chi connectivity index (χ0) is 10.5. The highest BCUT2D eigenvalue weighted by Crippen LogP contribution is 2.26. The molecule has 0 aromatic rings. The second kappa shape index (κ2) is 5.66. The molecule has 2 aliphatic rings. The molecular formula is C13H23NO. The summed E-state index contributed by atoms with van der Waals surface area (Å²) in [5, 5.41) is 3.47. The predicted octanol–water partition coefficient (Wildman–Crippen LogP) is 2.50. The van der Waals surface area contributed by atoms with Gasteiger partial charge in [-0.1, -0.05) is 11.6 Å². The molecule has 1 aliphatic heterocycles. The van der Waals surface area contributed by atoms with E-state index in [1.807, 2.05) is 0 Å². The Kier molecular flexibility index (Phi) is 4.21. The second-order valence-electron chi connectivity index (χ2n) is 4.83. The zero-order valence-corrected chi connectivity index (χ0v) is 9.80. The van der Waals surface area contributed by atoms with Gasteiger partial charge in [-0.3, -0.25) is 0 Å². The molecule has 0 spiro atoms. The standard InChI is InChI=1S/C13H23NO/c1-14-13(12-7-8-15-10-12)9-11-5-3-2-4-6-11/h5,12-14H,2-4,6-10H2,1H3. The summed E-state index contributed by atoms with van der Waals surface area (Å²) in [6.45, 7) is 1.92. The average molecular weight is 209 g/mol. The SMILES string of the molecule is CNC(CC1=CCCCC1)C1CCOC1. The van der Waals surface area contributed by atoms with Crippen LogP contribution in [0.1, 0.15) is 38.5 Å². The second-order valence-corrected chi connectivity index (χ2v) is 4.83. The minimum Gasteiger partial charge on any atom is -0.381 e. The molecule has 0 saturated carbocycles. The number of hydrogen-bond acceptors (Lipinski definition) is 2. The summed E-state index contributed by atoms with van der Waals surface area (Å²) >= 11 is 0. The Bertz CT molecular complexity index is 219. The maximum atomic E-state index is 5.47. The van der Waals surface area contributed by atoms with E-state index < -0.39 is 0 Å². The first kappa shape index (κ1) is 11.2. The normalized spacial score (nSPS) is 28.9. The minimum atomic E-state index is 0.636. The lowest BCUT2D eigenvalue weighted by Crippen LogP contribution is -2.34. The summed E-state index contributed by atoms with van der Waals surface area (Å²) in [5.74, 6) is 0.734. The molecular weight excluding hydrogens is 186 g/mol. The number of allylic oxidation sites excluding steroid dienone is 1. The fourth-order valence-electron chi connectivity index (χ4n) is 2.75. The Balaban J connectivity index is 1.86. The van der Waals surface area contributed by atoms with E-state index in [1.165, 1.54) is 38.5 Å². The molecule has 1 N–H and O–H groups in total. The summed E-state index contributed by atoms with van der Waals surface area (Å²) in [5.41, 5.74) is 1.67. The van der Waals surface area contributed by atoms with Gasteiger partial charge in [-0.25, -0.2) is 0 Å². The molecule has 2 atom stereocenters. The van der Waals surface area contributed by atoms with E-state index in [4.69, 9.17) is 4.74 Å². The molecule has 0 amide bonds. The molecule has 0 radical (unpaired) electrons. The summed E-state index contributed by atoms with van der Waals surface area (Å²) in [6, 6.07) is 0.636. The van der Waals surface area contributed by atoms with Gasteiger partial charge in [-0.05, 0) is 45.6 Å². The maximum absolute atomic E-state index is 5.47. The van der Waals surface area contributed by atoms with Gasteiger partial charge >= 0.3 is 0 Å². The third-order valence-electron chi connectivity index (χ3n) is 3.77. The van der Waals surface area contributed by atoms with Gasteiger partial charge < -0.3 is 10.1 Å². The van der Waals surface area contributed by atoms with Gasteiger partial charge in [0, 0.05) is 18.6 Å². The van der Waals surface area contributed by atoms with Gasteiger partial charge in [0.25, 0.3) is 0 Å². The Morgan fingerprint density at radius 1 is 1.53 bits per heavy atom. The largest absolute Gasteiger partial charge is 0.381 e. The summed E-state index contributed by atoms with van der Waals surface area (Å²) < 4.78 is 5.47. The summed E-state index contributed by atoms with van der Waals surface area (Å²) in [6.07, 6.45) is 10.3. The van der Waals surface area contributed by atoms with Crippen LogP contribution in [0.25, 0.3) is 0 Å². The monoisotopic (exact) mass is 209 g/mol. The van der Waals surface area contributed by atoms with Crippen molar-refractivity contribution in [3.05, 3.63) is 11.6 Å². The van der Waals surface area contributed by atoms with Crippen LogP contribution in [0.3, 0.4) is 0 Å². The van der Waals surface area contributed by atoms with Crippen LogP contribution in [-0.2, 0) is 4.74 Å². The van der Waals surface area contributed by atoms with E-state index in [0.717, 1.165) is 19.1 Å². The molecule has 1 heterocycles. The van der Waals surface area contributed by atoms with Crippen LogP contribution in [-0.4, -0.2) is 26.3 Å². The molecule has 0 bridgehead atoms. The van der Waals surface area contributed by atoms with Crippen LogP contribution < -0.4 is 5.32 Å². The molecule has 86 valence electrons. The zero-order valence-electron chi connectivity index (χ0n) is 9.80. The first-order chi connectivity index (χ1) is 7.40. The number of ether oxygens (including phenoxy) is 1. The molecule has 0 aromatic heterocycles. The average Bonchev–Trinajstić information content (AvgIpc) is 2.81. The molecule has 2 heteroatoms. The Hall–Kier alpha value is -0.340. The van der Waals surface area contributed by atoms with Crippen LogP contribution in [0.2, 0.25) is 0 Å². The fraction of sp³-hybridized carbons (Fsp3) is 0.846.